The molecule has 0 aromatic heterocycles. The first kappa shape index (κ1) is 8.19. The topological polar surface area (TPSA) is 26.0 Å². The van der Waals surface area contributed by atoms with E-state index in [-0.39, 0.29) is 0 Å². The Morgan fingerprint density at radius 1 is 1.27 bits per heavy atom. The van der Waals surface area contributed by atoms with E-state index in [0.29, 0.717) is 5.75 Å². The second-order valence-corrected chi connectivity index (χ2v) is 2.60. The van der Waals surface area contributed by atoms with Crippen molar-refractivity contribution >= 4 is 11.9 Å². The summed E-state index contributed by atoms with van der Waals surface area (Å²) in [4.78, 5) is 0. The van der Waals surface area contributed by atoms with Crippen molar-refractivity contribution in [2.24, 2.45) is 5.14 Å². The minimum Gasteiger partial charge on any atom is -0.277 e. The van der Waals surface area contributed by atoms with E-state index < -0.39 is 0 Å². The van der Waals surface area contributed by atoms with E-state index in [4.69, 9.17) is 5.14 Å². The van der Waals surface area contributed by atoms with Crippen molar-refractivity contribution in [1.29, 1.82) is 0 Å². The summed E-state index contributed by atoms with van der Waals surface area (Å²) < 4.78 is 0. The maximum Gasteiger partial charge on any atom is 0.0694 e. The highest BCUT2D eigenvalue weighted by molar-refractivity contribution is 7.97. The van der Waals surface area contributed by atoms with Crippen LogP contribution < -0.4 is 5.14 Å². The van der Waals surface area contributed by atoms with Crippen LogP contribution in [0.3, 0.4) is 0 Å². The van der Waals surface area contributed by atoms with Gasteiger partial charge in [0.25, 0.3) is 0 Å². The second-order valence-electron chi connectivity index (χ2n) is 1.98. The molecule has 56 valence electrons. The largest absolute Gasteiger partial charge is 0.277 e. The molecular formula is C9H9NS. The summed E-state index contributed by atoms with van der Waals surface area (Å²) in [6.45, 7) is 0. The van der Waals surface area contributed by atoms with Gasteiger partial charge in [0, 0.05) is 5.56 Å². The fraction of sp³-hybridized carbons (Fsp3) is 0.111. The standard InChI is InChI=1S/C9H9NS/c10-11-8-4-7-9-5-2-1-3-6-9/h1-3,5-6H,8,10H2. The third kappa shape index (κ3) is 3.13. The fourth-order valence-electron chi connectivity index (χ4n) is 0.701. The molecule has 0 aliphatic heterocycles. The molecule has 0 atom stereocenters. The van der Waals surface area contributed by atoms with Gasteiger partial charge in [-0.05, 0) is 12.1 Å². The molecule has 2 N–H and O–H groups in total. The van der Waals surface area contributed by atoms with E-state index >= 15 is 0 Å². The SMILES string of the molecule is NSCC#Cc1ccccc1. The number of hydrogen-bond donors (Lipinski definition) is 1. The third-order valence-electron chi connectivity index (χ3n) is 1.16. The molecule has 0 radical (unpaired) electrons. The van der Waals surface area contributed by atoms with E-state index in [9.17, 15) is 0 Å². The Kier molecular flexibility index (Phi) is 3.60. The van der Waals surface area contributed by atoms with Crippen molar-refractivity contribution in [1.82, 2.24) is 0 Å². The summed E-state index contributed by atoms with van der Waals surface area (Å²) >= 11 is 1.25. The number of nitrogens with two attached hydrogens (primary N) is 1. The summed E-state index contributed by atoms with van der Waals surface area (Å²) in [5, 5.41) is 5.21. The Bertz CT molecular complexity index is 258. The predicted octanol–water partition coefficient (Wildman–Crippen LogP) is 1.65. The van der Waals surface area contributed by atoms with Crippen LogP contribution in [0.2, 0.25) is 0 Å². The second kappa shape index (κ2) is 4.84. The summed E-state index contributed by atoms with van der Waals surface area (Å²) in [6.07, 6.45) is 0. The molecule has 1 rings (SSSR count). The zero-order valence-corrected chi connectivity index (χ0v) is 6.90. The molecule has 1 aromatic rings. The van der Waals surface area contributed by atoms with E-state index in [0.717, 1.165) is 5.56 Å². The average molecular weight is 163 g/mol. The quantitative estimate of drug-likeness (QED) is 0.503. The van der Waals surface area contributed by atoms with Crippen molar-refractivity contribution in [3.05, 3.63) is 35.9 Å². The molecule has 0 unspecified atom stereocenters. The molecule has 0 aliphatic carbocycles. The first-order valence-corrected chi connectivity index (χ1v) is 4.34. The van der Waals surface area contributed by atoms with Gasteiger partial charge < -0.3 is 0 Å². The van der Waals surface area contributed by atoms with Gasteiger partial charge in [-0.15, -0.1) is 0 Å². The number of rotatable bonds is 1. The molecule has 0 fully saturated rings. The first-order chi connectivity index (χ1) is 5.43. The van der Waals surface area contributed by atoms with Crippen LogP contribution in [-0.4, -0.2) is 5.75 Å². The monoisotopic (exact) mass is 163 g/mol. The van der Waals surface area contributed by atoms with Gasteiger partial charge in [0.05, 0.1) is 5.75 Å². The molecule has 0 amide bonds. The van der Waals surface area contributed by atoms with Crippen LogP contribution in [0.25, 0.3) is 0 Å². The maximum absolute atomic E-state index is 5.21. The highest BCUT2D eigenvalue weighted by atomic mass is 32.2. The highest BCUT2D eigenvalue weighted by Crippen LogP contribution is 1.94. The molecule has 0 saturated carbocycles. The van der Waals surface area contributed by atoms with Gasteiger partial charge in [0.1, 0.15) is 0 Å². The van der Waals surface area contributed by atoms with Crippen LogP contribution >= 0.6 is 11.9 Å². The van der Waals surface area contributed by atoms with Crippen molar-refractivity contribution in [3.63, 3.8) is 0 Å². The Hall–Kier alpha value is -0.910. The van der Waals surface area contributed by atoms with Crippen LogP contribution in [-0.2, 0) is 0 Å². The minimum absolute atomic E-state index is 0.689. The average Bonchev–Trinajstić information content (AvgIpc) is 2.07. The lowest BCUT2D eigenvalue weighted by Gasteiger charge is -1.85. The van der Waals surface area contributed by atoms with Crippen LogP contribution in [0.4, 0.5) is 0 Å². The van der Waals surface area contributed by atoms with Crippen LogP contribution in [0, 0.1) is 11.8 Å². The summed E-state index contributed by atoms with van der Waals surface area (Å²) in [6, 6.07) is 9.88. The lowest BCUT2D eigenvalue weighted by Crippen LogP contribution is -1.79. The van der Waals surface area contributed by atoms with Crippen molar-refractivity contribution in [2.75, 3.05) is 5.75 Å². The lowest BCUT2D eigenvalue weighted by atomic mass is 10.2. The molecule has 0 bridgehead atoms. The molecule has 0 heterocycles. The Labute approximate surface area is 71.1 Å². The third-order valence-corrected chi connectivity index (χ3v) is 1.47. The van der Waals surface area contributed by atoms with Gasteiger partial charge in [-0.2, -0.15) is 0 Å². The van der Waals surface area contributed by atoms with E-state index in [1.807, 2.05) is 30.3 Å². The molecular weight excluding hydrogens is 154 g/mol. The fourth-order valence-corrected chi connectivity index (χ4v) is 0.857. The maximum atomic E-state index is 5.21. The van der Waals surface area contributed by atoms with Gasteiger partial charge in [0.15, 0.2) is 0 Å². The van der Waals surface area contributed by atoms with Crippen molar-refractivity contribution < 1.29 is 0 Å². The molecule has 1 nitrogen and oxygen atoms in total. The minimum atomic E-state index is 0.689. The summed E-state index contributed by atoms with van der Waals surface area (Å²) in [5.41, 5.74) is 1.04. The Morgan fingerprint density at radius 3 is 2.64 bits per heavy atom. The van der Waals surface area contributed by atoms with Crippen LogP contribution in [0.15, 0.2) is 30.3 Å². The zero-order valence-electron chi connectivity index (χ0n) is 6.08. The van der Waals surface area contributed by atoms with Crippen LogP contribution in [0.1, 0.15) is 5.56 Å². The van der Waals surface area contributed by atoms with Crippen molar-refractivity contribution in [3.8, 4) is 11.8 Å². The predicted molar refractivity (Wildman–Crippen MR) is 50.0 cm³/mol. The normalized spacial score (nSPS) is 8.45. The Balaban J connectivity index is 2.59. The van der Waals surface area contributed by atoms with E-state index in [1.165, 1.54) is 11.9 Å². The molecule has 2 heteroatoms. The molecule has 0 saturated heterocycles. The molecule has 0 spiro atoms. The molecule has 11 heavy (non-hydrogen) atoms. The number of benzene rings is 1. The van der Waals surface area contributed by atoms with Gasteiger partial charge in [0.2, 0.25) is 0 Å². The molecule has 1 aromatic carbocycles. The molecule has 0 aliphatic rings. The van der Waals surface area contributed by atoms with Gasteiger partial charge >= 0.3 is 0 Å². The van der Waals surface area contributed by atoms with Gasteiger partial charge in [-0.1, -0.05) is 42.0 Å². The van der Waals surface area contributed by atoms with Gasteiger partial charge in [-0.3, -0.25) is 5.14 Å². The highest BCUT2D eigenvalue weighted by Gasteiger charge is 1.79. The first-order valence-electron chi connectivity index (χ1n) is 3.29. The Morgan fingerprint density at radius 2 is 2.00 bits per heavy atom. The van der Waals surface area contributed by atoms with Crippen LogP contribution in [0.5, 0.6) is 0 Å². The van der Waals surface area contributed by atoms with Crippen molar-refractivity contribution in [2.45, 2.75) is 0 Å². The zero-order chi connectivity index (χ0) is 7.94. The summed E-state index contributed by atoms with van der Waals surface area (Å²) in [5.74, 6) is 6.62. The van der Waals surface area contributed by atoms with E-state index in [2.05, 4.69) is 11.8 Å². The van der Waals surface area contributed by atoms with E-state index in [1.54, 1.807) is 0 Å². The smallest absolute Gasteiger partial charge is 0.0694 e. The van der Waals surface area contributed by atoms with Gasteiger partial charge in [-0.25, -0.2) is 0 Å². The summed E-state index contributed by atoms with van der Waals surface area (Å²) in [7, 11) is 0. The lowest BCUT2D eigenvalue weighted by molar-refractivity contribution is 1.64. The number of hydrogen-bond acceptors (Lipinski definition) is 2.